The first-order chi connectivity index (χ1) is 17.3. The number of urea groups is 1. The molecule has 0 spiro atoms. The minimum absolute atomic E-state index is 0.0194. The average Bonchev–Trinajstić information content (AvgIpc) is 2.82. The lowest BCUT2D eigenvalue weighted by molar-refractivity contribution is -0.138. The number of hydrogen-bond acceptors (Lipinski definition) is 7. The topological polar surface area (TPSA) is 143 Å². The van der Waals surface area contributed by atoms with E-state index in [2.05, 4.69) is 15.6 Å². The van der Waals surface area contributed by atoms with Crippen LogP contribution in [0.4, 0.5) is 15.4 Å². The number of aldehydes is 1. The molecule has 1 aliphatic carbocycles. The maximum absolute atomic E-state index is 13.0. The number of amides is 4. The number of anilines is 1. The van der Waals surface area contributed by atoms with E-state index in [-0.39, 0.29) is 43.8 Å². The van der Waals surface area contributed by atoms with Gasteiger partial charge < -0.3 is 24.6 Å². The van der Waals surface area contributed by atoms with E-state index in [1.165, 1.54) is 9.47 Å². The summed E-state index contributed by atoms with van der Waals surface area (Å²) < 4.78 is 6.67. The molecule has 4 amide bonds. The molecule has 2 heterocycles. The molecule has 2 N–H and O–H groups in total. The fourth-order valence-electron chi connectivity index (χ4n) is 4.18. The molecule has 1 aromatic heterocycles. The van der Waals surface area contributed by atoms with Crippen LogP contribution in [0.1, 0.15) is 53.9 Å². The summed E-state index contributed by atoms with van der Waals surface area (Å²) in [5.41, 5.74) is -1.58. The Labute approximate surface area is 216 Å². The number of carbonyl (C=O) groups excluding carboxylic acids is 4. The molecule has 0 aromatic carbocycles. The van der Waals surface area contributed by atoms with Gasteiger partial charge in [-0.25, -0.2) is 14.4 Å². The first-order valence-electron chi connectivity index (χ1n) is 12.4. The SMILES string of the molecule is CC(C)(C)OC(=O)NC(C)(C)C(=O)N1CCN(C(=O)Nc2ccn(C3=CCC(C=O)CC3)c(=O)n2)CC1. The van der Waals surface area contributed by atoms with Crippen molar-refractivity contribution in [3.63, 3.8) is 0 Å². The highest BCUT2D eigenvalue weighted by molar-refractivity contribution is 5.90. The number of allylic oxidation sites excluding steroid dienone is 2. The second-order valence-electron chi connectivity index (χ2n) is 10.8. The largest absolute Gasteiger partial charge is 0.444 e. The smallest absolute Gasteiger partial charge is 0.408 e. The lowest BCUT2D eigenvalue weighted by Crippen LogP contribution is -2.60. The minimum atomic E-state index is -1.18. The zero-order chi connectivity index (χ0) is 27.4. The summed E-state index contributed by atoms with van der Waals surface area (Å²) in [7, 11) is 0. The van der Waals surface area contributed by atoms with Crippen molar-refractivity contribution in [2.45, 2.75) is 65.0 Å². The second-order valence-corrected chi connectivity index (χ2v) is 10.8. The second kappa shape index (κ2) is 11.1. The van der Waals surface area contributed by atoms with Gasteiger partial charge in [0.1, 0.15) is 23.2 Å². The highest BCUT2D eigenvalue weighted by atomic mass is 16.6. The van der Waals surface area contributed by atoms with Gasteiger partial charge in [0, 0.05) is 44.0 Å². The van der Waals surface area contributed by atoms with Crippen molar-refractivity contribution in [1.82, 2.24) is 24.7 Å². The summed E-state index contributed by atoms with van der Waals surface area (Å²) in [6.07, 6.45) is 5.57. The Balaban J connectivity index is 1.53. The number of rotatable bonds is 5. The van der Waals surface area contributed by atoms with E-state index in [1.807, 2.05) is 6.08 Å². The van der Waals surface area contributed by atoms with Crippen LogP contribution in [-0.2, 0) is 14.3 Å². The van der Waals surface area contributed by atoms with Crippen molar-refractivity contribution in [2.75, 3.05) is 31.5 Å². The van der Waals surface area contributed by atoms with E-state index in [1.54, 1.807) is 51.8 Å². The molecule has 0 bridgehead atoms. The molecule has 1 saturated heterocycles. The number of alkyl carbamates (subject to hydrolysis) is 1. The third kappa shape index (κ3) is 7.40. The van der Waals surface area contributed by atoms with Crippen LogP contribution in [0.3, 0.4) is 0 Å². The molecule has 1 aliphatic heterocycles. The molecule has 3 rings (SSSR count). The van der Waals surface area contributed by atoms with Gasteiger partial charge in [-0.05, 0) is 59.9 Å². The zero-order valence-electron chi connectivity index (χ0n) is 22.1. The molecule has 1 unspecified atom stereocenters. The molecule has 37 heavy (non-hydrogen) atoms. The molecule has 12 heteroatoms. The predicted octanol–water partition coefficient (Wildman–Crippen LogP) is 2.06. The lowest BCUT2D eigenvalue weighted by atomic mass is 9.94. The number of piperazine rings is 1. The van der Waals surface area contributed by atoms with Crippen LogP contribution < -0.4 is 16.3 Å². The Bertz CT molecular complexity index is 1130. The van der Waals surface area contributed by atoms with E-state index in [4.69, 9.17) is 4.74 Å². The van der Waals surface area contributed by atoms with E-state index < -0.39 is 29.0 Å². The Kier molecular flexibility index (Phi) is 8.39. The molecule has 1 atom stereocenters. The average molecular weight is 517 g/mol. The molecule has 202 valence electrons. The van der Waals surface area contributed by atoms with Crippen LogP contribution in [0, 0.1) is 5.92 Å². The van der Waals surface area contributed by atoms with Gasteiger partial charge in [0.15, 0.2) is 0 Å². The summed E-state index contributed by atoms with van der Waals surface area (Å²) >= 11 is 0. The van der Waals surface area contributed by atoms with Crippen LogP contribution in [0.2, 0.25) is 0 Å². The van der Waals surface area contributed by atoms with Crippen LogP contribution in [0.15, 0.2) is 23.1 Å². The van der Waals surface area contributed by atoms with Crippen LogP contribution >= 0.6 is 0 Å². The first-order valence-corrected chi connectivity index (χ1v) is 12.4. The van der Waals surface area contributed by atoms with Gasteiger partial charge in [-0.3, -0.25) is 14.7 Å². The molecule has 2 aliphatic rings. The highest BCUT2D eigenvalue weighted by Crippen LogP contribution is 2.24. The normalized spacial score (nSPS) is 18.5. The third-order valence-electron chi connectivity index (χ3n) is 6.17. The Morgan fingerprint density at radius 3 is 2.27 bits per heavy atom. The van der Waals surface area contributed by atoms with Gasteiger partial charge in [-0.1, -0.05) is 6.08 Å². The van der Waals surface area contributed by atoms with E-state index in [0.717, 1.165) is 12.0 Å². The van der Waals surface area contributed by atoms with Gasteiger partial charge in [-0.15, -0.1) is 0 Å². The third-order valence-corrected chi connectivity index (χ3v) is 6.17. The summed E-state index contributed by atoms with van der Waals surface area (Å²) in [6.45, 7) is 9.58. The predicted molar refractivity (Wildman–Crippen MR) is 137 cm³/mol. The van der Waals surface area contributed by atoms with Crippen molar-refractivity contribution in [2.24, 2.45) is 5.92 Å². The highest BCUT2D eigenvalue weighted by Gasteiger charge is 2.36. The van der Waals surface area contributed by atoms with Gasteiger partial charge >= 0.3 is 17.8 Å². The molecule has 0 saturated carbocycles. The fourth-order valence-corrected chi connectivity index (χ4v) is 4.18. The summed E-state index contributed by atoms with van der Waals surface area (Å²) in [5.74, 6) is -0.163. The monoisotopic (exact) mass is 516 g/mol. The number of hydrogen-bond donors (Lipinski definition) is 2. The van der Waals surface area contributed by atoms with Crippen molar-refractivity contribution in [3.8, 4) is 0 Å². The fraction of sp³-hybridized carbons (Fsp3) is 0.600. The lowest BCUT2D eigenvalue weighted by Gasteiger charge is -2.38. The number of aromatic nitrogens is 2. The van der Waals surface area contributed by atoms with Gasteiger partial charge in [-0.2, -0.15) is 4.98 Å². The van der Waals surface area contributed by atoms with E-state index >= 15 is 0 Å². The Morgan fingerprint density at radius 2 is 1.73 bits per heavy atom. The summed E-state index contributed by atoms with van der Waals surface area (Å²) in [6, 6.07) is 1.13. The molecular weight excluding hydrogens is 480 g/mol. The molecule has 1 aromatic rings. The van der Waals surface area contributed by atoms with Crippen LogP contribution in [0.25, 0.3) is 5.70 Å². The van der Waals surface area contributed by atoms with Crippen LogP contribution in [-0.4, -0.2) is 81.0 Å². The maximum Gasteiger partial charge on any atom is 0.408 e. The Hall–Kier alpha value is -3.70. The van der Waals surface area contributed by atoms with Crippen molar-refractivity contribution in [1.29, 1.82) is 0 Å². The summed E-state index contributed by atoms with van der Waals surface area (Å²) in [4.78, 5) is 68.4. The quantitative estimate of drug-likeness (QED) is 0.570. The standard InChI is InChI=1S/C25H36N6O6/c1-24(2,3)37-23(36)28-25(4,5)20(33)29-12-14-30(15-13-29)21(34)26-19-10-11-31(22(35)27-19)18-8-6-17(16-32)7-9-18/h8,10-11,16-17H,6-7,9,12-15H2,1-5H3,(H,28,36)(H,26,27,34,35). The zero-order valence-corrected chi connectivity index (χ0v) is 22.1. The molecule has 1 fully saturated rings. The number of nitrogens with one attached hydrogen (secondary N) is 2. The Morgan fingerprint density at radius 1 is 1.08 bits per heavy atom. The van der Waals surface area contributed by atoms with Crippen molar-refractivity contribution >= 4 is 35.8 Å². The maximum atomic E-state index is 13.0. The number of nitrogens with zero attached hydrogens (tertiary/aromatic N) is 4. The molecule has 12 nitrogen and oxygen atoms in total. The van der Waals surface area contributed by atoms with E-state index in [9.17, 15) is 24.0 Å². The first kappa shape index (κ1) is 27.9. The van der Waals surface area contributed by atoms with Crippen molar-refractivity contribution in [3.05, 3.63) is 28.8 Å². The van der Waals surface area contributed by atoms with Gasteiger partial charge in [0.05, 0.1) is 0 Å². The molecule has 0 radical (unpaired) electrons. The van der Waals surface area contributed by atoms with Crippen LogP contribution in [0.5, 0.6) is 0 Å². The molecular formula is C25H36N6O6. The minimum Gasteiger partial charge on any atom is -0.444 e. The van der Waals surface area contributed by atoms with Gasteiger partial charge in [0.2, 0.25) is 5.91 Å². The number of ether oxygens (including phenoxy) is 1. The van der Waals surface area contributed by atoms with E-state index in [0.29, 0.717) is 19.3 Å². The van der Waals surface area contributed by atoms with Gasteiger partial charge in [0.25, 0.3) is 0 Å². The van der Waals surface area contributed by atoms with Crippen molar-refractivity contribution < 1.29 is 23.9 Å². The summed E-state index contributed by atoms with van der Waals surface area (Å²) in [5, 5.41) is 5.25. The number of carbonyl (C=O) groups is 4.